The summed E-state index contributed by atoms with van der Waals surface area (Å²) < 4.78 is 6.01. The highest BCUT2D eigenvalue weighted by molar-refractivity contribution is 4.85. The first-order valence-corrected chi connectivity index (χ1v) is 6.38. The Morgan fingerprint density at radius 3 is 2.33 bits per heavy atom. The van der Waals surface area contributed by atoms with Crippen molar-refractivity contribution in [2.45, 2.75) is 59.2 Å². The molecule has 1 saturated heterocycles. The highest BCUT2D eigenvalue weighted by atomic mass is 16.5. The molecule has 1 rings (SSSR count). The predicted octanol–water partition coefficient (Wildman–Crippen LogP) is 2.84. The Morgan fingerprint density at radius 1 is 1.13 bits per heavy atom. The van der Waals surface area contributed by atoms with E-state index in [1.807, 2.05) is 0 Å². The van der Waals surface area contributed by atoms with E-state index in [2.05, 4.69) is 27.7 Å². The summed E-state index contributed by atoms with van der Waals surface area (Å²) in [5, 5.41) is 9.33. The third-order valence-corrected chi connectivity index (χ3v) is 4.14. The van der Waals surface area contributed by atoms with E-state index in [1.165, 1.54) is 19.3 Å². The summed E-state index contributed by atoms with van der Waals surface area (Å²) in [4.78, 5) is 0. The van der Waals surface area contributed by atoms with Crippen LogP contribution in [0.1, 0.15) is 47.0 Å². The van der Waals surface area contributed by atoms with Gasteiger partial charge in [-0.15, -0.1) is 0 Å². The van der Waals surface area contributed by atoms with E-state index in [4.69, 9.17) is 4.74 Å². The normalized spacial score (nSPS) is 41.8. The van der Waals surface area contributed by atoms with Gasteiger partial charge >= 0.3 is 0 Å². The quantitative estimate of drug-likeness (QED) is 0.779. The van der Waals surface area contributed by atoms with Gasteiger partial charge in [-0.2, -0.15) is 0 Å². The maximum absolute atomic E-state index is 9.33. The van der Waals surface area contributed by atoms with Crippen LogP contribution in [0.4, 0.5) is 0 Å². The maximum Gasteiger partial charge on any atom is 0.0607 e. The number of rotatable bonds is 4. The topological polar surface area (TPSA) is 29.5 Å². The molecular formula is C13H26O2. The molecular weight excluding hydrogens is 188 g/mol. The molecule has 0 aliphatic carbocycles. The van der Waals surface area contributed by atoms with E-state index < -0.39 is 0 Å². The summed E-state index contributed by atoms with van der Waals surface area (Å²) in [6.07, 6.45) is 4.27. The Morgan fingerprint density at radius 2 is 1.80 bits per heavy atom. The lowest BCUT2D eigenvalue weighted by Crippen LogP contribution is -2.45. The van der Waals surface area contributed by atoms with Gasteiger partial charge in [0.1, 0.15) is 0 Å². The van der Waals surface area contributed by atoms with Crippen molar-refractivity contribution in [1.82, 2.24) is 0 Å². The van der Waals surface area contributed by atoms with Gasteiger partial charge in [-0.3, -0.25) is 0 Å². The molecule has 90 valence electrons. The van der Waals surface area contributed by atoms with Crippen LogP contribution in [0.15, 0.2) is 0 Å². The second-order valence-electron chi connectivity index (χ2n) is 5.09. The standard InChI is InChI=1S/C13H26O2/c1-5-6-7-13-10(3)9(2)12(8-14)11(4)15-13/h9-14H,5-8H2,1-4H3/t9?,10?,11?,12-,13?/m1/s1. The molecule has 0 aromatic heterocycles. The van der Waals surface area contributed by atoms with Crippen LogP contribution in [0.25, 0.3) is 0 Å². The molecule has 1 N–H and O–H groups in total. The highest BCUT2D eigenvalue weighted by Gasteiger charge is 2.38. The zero-order valence-corrected chi connectivity index (χ0v) is 10.6. The zero-order valence-electron chi connectivity index (χ0n) is 10.6. The Kier molecular flexibility index (Phi) is 5.07. The minimum Gasteiger partial charge on any atom is -0.396 e. The molecule has 2 nitrogen and oxygen atoms in total. The van der Waals surface area contributed by atoms with Gasteiger partial charge in [-0.25, -0.2) is 0 Å². The number of ether oxygens (including phenoxy) is 1. The van der Waals surface area contributed by atoms with Crippen molar-refractivity contribution in [3.05, 3.63) is 0 Å². The van der Waals surface area contributed by atoms with Crippen molar-refractivity contribution in [1.29, 1.82) is 0 Å². The smallest absolute Gasteiger partial charge is 0.0607 e. The number of hydrogen-bond acceptors (Lipinski definition) is 2. The SMILES string of the molecule is CCCCC1OC(C)[C@H](CO)C(C)C1C. The van der Waals surface area contributed by atoms with E-state index in [0.717, 1.165) is 0 Å². The minimum atomic E-state index is 0.211. The average molecular weight is 214 g/mol. The van der Waals surface area contributed by atoms with Crippen LogP contribution >= 0.6 is 0 Å². The Balaban J connectivity index is 2.56. The zero-order chi connectivity index (χ0) is 11.4. The molecule has 1 heterocycles. The monoisotopic (exact) mass is 214 g/mol. The second kappa shape index (κ2) is 5.86. The summed E-state index contributed by atoms with van der Waals surface area (Å²) >= 11 is 0. The molecule has 0 bridgehead atoms. The first-order chi connectivity index (χ1) is 7.11. The number of unbranched alkanes of at least 4 members (excludes halogenated alkanes) is 1. The molecule has 0 spiro atoms. The highest BCUT2D eigenvalue weighted by Crippen LogP contribution is 2.36. The Hall–Kier alpha value is -0.0800. The molecule has 2 heteroatoms. The van der Waals surface area contributed by atoms with Crippen LogP contribution < -0.4 is 0 Å². The third kappa shape index (κ3) is 2.94. The average Bonchev–Trinajstić information content (AvgIpc) is 2.22. The van der Waals surface area contributed by atoms with Gasteiger partial charge in [0.05, 0.1) is 12.2 Å². The van der Waals surface area contributed by atoms with Crippen molar-refractivity contribution >= 4 is 0 Å². The van der Waals surface area contributed by atoms with Crippen molar-refractivity contribution < 1.29 is 9.84 Å². The van der Waals surface area contributed by atoms with Crippen LogP contribution in [0.5, 0.6) is 0 Å². The van der Waals surface area contributed by atoms with Crippen LogP contribution in [0.2, 0.25) is 0 Å². The molecule has 0 aromatic rings. The lowest BCUT2D eigenvalue weighted by atomic mass is 9.75. The number of aliphatic hydroxyl groups is 1. The number of aliphatic hydroxyl groups excluding tert-OH is 1. The van der Waals surface area contributed by atoms with Gasteiger partial charge in [-0.1, -0.05) is 33.6 Å². The van der Waals surface area contributed by atoms with E-state index >= 15 is 0 Å². The number of hydrogen-bond donors (Lipinski definition) is 1. The van der Waals surface area contributed by atoms with Gasteiger partial charge in [0.25, 0.3) is 0 Å². The van der Waals surface area contributed by atoms with Crippen molar-refractivity contribution in [3.8, 4) is 0 Å². The van der Waals surface area contributed by atoms with Gasteiger partial charge in [0, 0.05) is 12.5 Å². The maximum atomic E-state index is 9.33. The molecule has 0 aromatic carbocycles. The van der Waals surface area contributed by atoms with Gasteiger partial charge in [-0.05, 0) is 25.2 Å². The molecule has 1 aliphatic rings. The van der Waals surface area contributed by atoms with E-state index in [9.17, 15) is 5.11 Å². The lowest BCUT2D eigenvalue weighted by molar-refractivity contribution is -0.142. The van der Waals surface area contributed by atoms with E-state index in [1.54, 1.807) is 0 Å². The van der Waals surface area contributed by atoms with E-state index in [0.29, 0.717) is 23.9 Å². The summed E-state index contributed by atoms with van der Waals surface area (Å²) in [6.45, 7) is 9.09. The summed E-state index contributed by atoms with van der Waals surface area (Å²) in [5.41, 5.74) is 0. The first kappa shape index (κ1) is 13.0. The summed E-state index contributed by atoms with van der Waals surface area (Å²) in [6, 6.07) is 0. The molecule has 1 aliphatic heterocycles. The van der Waals surface area contributed by atoms with Gasteiger partial charge in [0.15, 0.2) is 0 Å². The van der Waals surface area contributed by atoms with Crippen molar-refractivity contribution in [2.75, 3.05) is 6.61 Å². The third-order valence-electron chi connectivity index (χ3n) is 4.14. The lowest BCUT2D eigenvalue weighted by Gasteiger charge is -2.43. The molecule has 4 unspecified atom stereocenters. The Bertz CT molecular complexity index is 181. The fourth-order valence-corrected chi connectivity index (χ4v) is 2.71. The fraction of sp³-hybridized carbons (Fsp3) is 1.00. The minimum absolute atomic E-state index is 0.211. The van der Waals surface area contributed by atoms with Crippen LogP contribution in [-0.2, 0) is 4.74 Å². The molecule has 5 atom stereocenters. The molecule has 15 heavy (non-hydrogen) atoms. The van der Waals surface area contributed by atoms with Crippen LogP contribution in [0, 0.1) is 17.8 Å². The van der Waals surface area contributed by atoms with Gasteiger partial charge < -0.3 is 9.84 Å². The predicted molar refractivity (Wildman–Crippen MR) is 62.8 cm³/mol. The molecule has 0 radical (unpaired) electrons. The molecule has 0 amide bonds. The van der Waals surface area contributed by atoms with Crippen molar-refractivity contribution in [2.24, 2.45) is 17.8 Å². The second-order valence-corrected chi connectivity index (χ2v) is 5.09. The largest absolute Gasteiger partial charge is 0.396 e. The molecule has 0 saturated carbocycles. The summed E-state index contributed by atoms with van der Waals surface area (Å²) in [7, 11) is 0. The fourth-order valence-electron chi connectivity index (χ4n) is 2.71. The molecule has 1 fully saturated rings. The Labute approximate surface area is 94.0 Å². The first-order valence-electron chi connectivity index (χ1n) is 6.38. The van der Waals surface area contributed by atoms with Crippen LogP contribution in [0.3, 0.4) is 0 Å². The van der Waals surface area contributed by atoms with Crippen molar-refractivity contribution in [3.63, 3.8) is 0 Å². The van der Waals surface area contributed by atoms with Gasteiger partial charge in [0.2, 0.25) is 0 Å². The van der Waals surface area contributed by atoms with E-state index in [-0.39, 0.29) is 12.7 Å². The van der Waals surface area contributed by atoms with Crippen LogP contribution in [-0.4, -0.2) is 23.9 Å². The summed E-state index contributed by atoms with van der Waals surface area (Å²) in [5.74, 6) is 1.46.